The number of allylic oxidation sites excluding steroid dienone is 2. The highest BCUT2D eigenvalue weighted by Crippen LogP contribution is 2.60. The lowest BCUT2D eigenvalue weighted by molar-refractivity contribution is 0.0612. The van der Waals surface area contributed by atoms with E-state index in [4.69, 9.17) is 0 Å². The van der Waals surface area contributed by atoms with E-state index in [1.807, 2.05) is 0 Å². The summed E-state index contributed by atoms with van der Waals surface area (Å²) in [6.45, 7) is 0.436. The number of fused-ring (bicyclic) bond motifs is 5. The molecule has 3 rings (SSSR count). The third-order valence-corrected chi connectivity index (χ3v) is 4.64. The van der Waals surface area contributed by atoms with Crippen LogP contribution in [-0.2, 0) is 0 Å². The molecule has 13 heavy (non-hydrogen) atoms. The van der Waals surface area contributed by atoms with Crippen LogP contribution in [0.4, 0.5) is 0 Å². The molecule has 0 spiro atoms. The zero-order valence-corrected chi connectivity index (χ0v) is 8.13. The van der Waals surface area contributed by atoms with Gasteiger partial charge in [0, 0.05) is 12.0 Å². The van der Waals surface area contributed by atoms with Crippen molar-refractivity contribution in [1.29, 1.82) is 0 Å². The van der Waals surface area contributed by atoms with Gasteiger partial charge in [0.25, 0.3) is 0 Å². The van der Waals surface area contributed by atoms with Gasteiger partial charge in [0.15, 0.2) is 0 Å². The van der Waals surface area contributed by atoms with Gasteiger partial charge in [-0.3, -0.25) is 0 Å². The highest BCUT2D eigenvalue weighted by Gasteiger charge is 2.52. The lowest BCUT2D eigenvalue weighted by atomic mass is 9.71. The van der Waals surface area contributed by atoms with E-state index in [0.29, 0.717) is 12.0 Å². The van der Waals surface area contributed by atoms with E-state index < -0.39 is 0 Å². The van der Waals surface area contributed by atoms with E-state index in [1.54, 1.807) is 5.57 Å². The number of rotatable bonds is 1. The summed E-state index contributed by atoms with van der Waals surface area (Å²) in [5.41, 5.74) is 2.05. The van der Waals surface area contributed by atoms with Gasteiger partial charge >= 0.3 is 0 Å². The van der Waals surface area contributed by atoms with Gasteiger partial charge < -0.3 is 5.11 Å². The summed E-state index contributed by atoms with van der Waals surface area (Å²) < 4.78 is 0. The normalized spacial score (nSPS) is 47.6. The molecule has 0 aliphatic heterocycles. The maximum Gasteiger partial charge on any atom is 0.0493 e. The summed E-state index contributed by atoms with van der Waals surface area (Å²) >= 11 is 0. The standard InChI is InChI=1S/C12H18O/c13-8-12-6-2-3-9(7-12)10-4-1-5-11(10)12/h4,9,11,13H,1-3,5-8H2/t9-,11-,12+/m1/s1. The summed E-state index contributed by atoms with van der Waals surface area (Å²) in [4.78, 5) is 0. The Morgan fingerprint density at radius 2 is 2.38 bits per heavy atom. The molecule has 1 N–H and O–H groups in total. The zero-order chi connectivity index (χ0) is 8.89. The smallest absolute Gasteiger partial charge is 0.0493 e. The molecule has 3 atom stereocenters. The quantitative estimate of drug-likeness (QED) is 0.612. The molecule has 0 saturated heterocycles. The topological polar surface area (TPSA) is 20.2 Å². The van der Waals surface area contributed by atoms with Crippen molar-refractivity contribution in [3.05, 3.63) is 11.6 Å². The number of hydrogen-bond donors (Lipinski definition) is 1. The highest BCUT2D eigenvalue weighted by atomic mass is 16.3. The van der Waals surface area contributed by atoms with Gasteiger partial charge in [0.05, 0.1) is 0 Å². The first-order valence-corrected chi connectivity index (χ1v) is 5.66. The molecule has 0 amide bonds. The predicted molar refractivity (Wildman–Crippen MR) is 52.3 cm³/mol. The lowest BCUT2D eigenvalue weighted by Crippen LogP contribution is -2.31. The van der Waals surface area contributed by atoms with Crippen molar-refractivity contribution in [3.8, 4) is 0 Å². The molecule has 3 aliphatic carbocycles. The first-order valence-electron chi connectivity index (χ1n) is 5.66. The third-order valence-electron chi connectivity index (χ3n) is 4.64. The van der Waals surface area contributed by atoms with E-state index in [1.165, 1.54) is 38.5 Å². The molecule has 1 heteroatoms. The fourth-order valence-corrected chi connectivity index (χ4v) is 4.09. The Kier molecular flexibility index (Phi) is 1.61. The first-order chi connectivity index (χ1) is 6.36. The average Bonchev–Trinajstić information content (AvgIpc) is 2.72. The fraction of sp³-hybridized carbons (Fsp3) is 0.833. The van der Waals surface area contributed by atoms with Crippen molar-refractivity contribution < 1.29 is 5.11 Å². The van der Waals surface area contributed by atoms with Crippen LogP contribution in [-0.4, -0.2) is 11.7 Å². The number of aliphatic hydroxyl groups is 1. The van der Waals surface area contributed by atoms with Crippen molar-refractivity contribution >= 4 is 0 Å². The van der Waals surface area contributed by atoms with Crippen LogP contribution in [0.1, 0.15) is 38.5 Å². The molecular weight excluding hydrogens is 160 g/mol. The van der Waals surface area contributed by atoms with Crippen LogP contribution < -0.4 is 0 Å². The molecule has 0 aromatic rings. The summed E-state index contributed by atoms with van der Waals surface area (Å²) in [5.74, 6) is 1.62. The molecule has 2 fully saturated rings. The van der Waals surface area contributed by atoms with Crippen LogP contribution >= 0.6 is 0 Å². The largest absolute Gasteiger partial charge is 0.396 e. The minimum atomic E-state index is 0.325. The molecule has 1 nitrogen and oxygen atoms in total. The third kappa shape index (κ3) is 0.914. The van der Waals surface area contributed by atoms with Crippen molar-refractivity contribution in [2.75, 3.05) is 6.61 Å². The van der Waals surface area contributed by atoms with Crippen molar-refractivity contribution in [2.45, 2.75) is 38.5 Å². The minimum Gasteiger partial charge on any atom is -0.396 e. The molecule has 72 valence electrons. The Balaban J connectivity index is 2.01. The summed E-state index contributed by atoms with van der Waals surface area (Å²) in [7, 11) is 0. The number of hydrogen-bond acceptors (Lipinski definition) is 1. The molecule has 2 saturated carbocycles. The molecule has 0 aromatic heterocycles. The van der Waals surface area contributed by atoms with Crippen LogP contribution in [0.3, 0.4) is 0 Å². The maximum atomic E-state index is 9.59. The van der Waals surface area contributed by atoms with Gasteiger partial charge in [0.2, 0.25) is 0 Å². The highest BCUT2D eigenvalue weighted by molar-refractivity contribution is 5.27. The van der Waals surface area contributed by atoms with Crippen LogP contribution in [0.25, 0.3) is 0 Å². The predicted octanol–water partition coefficient (Wildman–Crippen LogP) is 2.51. The van der Waals surface area contributed by atoms with E-state index in [2.05, 4.69) is 6.08 Å². The Bertz CT molecular complexity index is 256. The lowest BCUT2D eigenvalue weighted by Gasteiger charge is -2.35. The molecule has 0 aromatic carbocycles. The van der Waals surface area contributed by atoms with Crippen LogP contribution in [0.5, 0.6) is 0 Å². The van der Waals surface area contributed by atoms with Crippen molar-refractivity contribution in [3.63, 3.8) is 0 Å². The average molecular weight is 178 g/mol. The summed E-state index contributed by atoms with van der Waals surface area (Å²) in [6, 6.07) is 0. The monoisotopic (exact) mass is 178 g/mol. The first kappa shape index (κ1) is 8.05. The number of aliphatic hydroxyl groups excluding tert-OH is 1. The molecule has 0 radical (unpaired) electrons. The zero-order valence-electron chi connectivity index (χ0n) is 8.13. The second-order valence-corrected chi connectivity index (χ2v) is 5.15. The summed E-state index contributed by atoms with van der Waals surface area (Å²) in [5, 5.41) is 9.59. The van der Waals surface area contributed by atoms with Crippen LogP contribution in [0.2, 0.25) is 0 Å². The second-order valence-electron chi connectivity index (χ2n) is 5.15. The minimum absolute atomic E-state index is 0.325. The maximum absolute atomic E-state index is 9.59. The molecular formula is C12H18O. The van der Waals surface area contributed by atoms with Crippen molar-refractivity contribution in [2.24, 2.45) is 17.3 Å². The van der Waals surface area contributed by atoms with Gasteiger partial charge in [-0.2, -0.15) is 0 Å². The Morgan fingerprint density at radius 1 is 1.46 bits per heavy atom. The molecule has 0 unspecified atom stereocenters. The van der Waals surface area contributed by atoms with E-state index in [9.17, 15) is 5.11 Å². The van der Waals surface area contributed by atoms with Gasteiger partial charge in [-0.15, -0.1) is 0 Å². The molecule has 0 heterocycles. The van der Waals surface area contributed by atoms with E-state index in [0.717, 1.165) is 11.8 Å². The van der Waals surface area contributed by atoms with Crippen LogP contribution in [0.15, 0.2) is 11.6 Å². The fourth-order valence-electron chi connectivity index (χ4n) is 4.09. The Morgan fingerprint density at radius 3 is 3.23 bits per heavy atom. The van der Waals surface area contributed by atoms with Gasteiger partial charge in [0.1, 0.15) is 0 Å². The second kappa shape index (κ2) is 2.60. The molecule has 2 bridgehead atoms. The SMILES string of the molecule is OC[C@]12CCC[C@H](C1)C1=CCC[C@H]12. The van der Waals surface area contributed by atoms with E-state index in [-0.39, 0.29) is 0 Å². The molecule has 3 aliphatic rings. The van der Waals surface area contributed by atoms with Crippen molar-refractivity contribution in [1.82, 2.24) is 0 Å². The van der Waals surface area contributed by atoms with Gasteiger partial charge in [-0.05, 0) is 43.9 Å². The summed E-state index contributed by atoms with van der Waals surface area (Å²) in [6.07, 6.45) is 10.4. The Labute approximate surface area is 79.8 Å². The van der Waals surface area contributed by atoms with Gasteiger partial charge in [-0.1, -0.05) is 18.1 Å². The van der Waals surface area contributed by atoms with Crippen LogP contribution in [0, 0.1) is 17.3 Å². The van der Waals surface area contributed by atoms with E-state index >= 15 is 0 Å². The van der Waals surface area contributed by atoms with Gasteiger partial charge in [-0.25, -0.2) is 0 Å². The Hall–Kier alpha value is -0.300.